The van der Waals surface area contributed by atoms with Crippen molar-refractivity contribution in [1.29, 1.82) is 0 Å². The molecule has 1 unspecified atom stereocenters. The molecular weight excluding hydrogens is 441 g/mol. The summed E-state index contributed by atoms with van der Waals surface area (Å²) in [7, 11) is 2.24. The highest BCUT2D eigenvalue weighted by molar-refractivity contribution is 14.0. The van der Waals surface area contributed by atoms with E-state index in [1.54, 1.807) is 0 Å². The number of fused-ring (bicyclic) bond motifs is 1. The van der Waals surface area contributed by atoms with E-state index in [4.69, 9.17) is 4.99 Å². The minimum atomic E-state index is 0. The lowest BCUT2D eigenvalue weighted by Gasteiger charge is -2.26. The number of hydrogen-bond donors (Lipinski definition) is 2. The van der Waals surface area contributed by atoms with Crippen LogP contribution in [-0.4, -0.2) is 64.4 Å². The van der Waals surface area contributed by atoms with Crippen LogP contribution in [0.25, 0.3) is 0 Å². The van der Waals surface area contributed by atoms with Gasteiger partial charge < -0.3 is 15.5 Å². The molecule has 8 heteroatoms. The molecule has 2 heterocycles. The van der Waals surface area contributed by atoms with Gasteiger partial charge in [-0.25, -0.2) is 9.67 Å². The number of halogens is 1. The Hall–Kier alpha value is -0.900. The molecule has 0 radical (unpaired) electrons. The normalized spacial score (nSPS) is 20.8. The number of rotatable bonds is 6. The summed E-state index contributed by atoms with van der Waals surface area (Å²) in [4.78, 5) is 11.7. The SMILES string of the molecule is CCNC(=NCCN(C)C1CCCC1)NC1CCc2nc(C)nn2C1.I. The second kappa shape index (κ2) is 10.4. The van der Waals surface area contributed by atoms with Crippen LogP contribution in [0.2, 0.25) is 0 Å². The standard InChI is InChI=1S/C18H33N7.HI/c1-4-19-18(20-11-12-24(3)16-7-5-6-8-16)22-15-9-10-17-21-14(2)23-25(17)13-15;/h15-16H,4-13H2,1-3H3,(H2,19,20,22);1H. The number of guanidine groups is 1. The number of aryl methyl sites for hydroxylation is 2. The molecule has 1 aliphatic heterocycles. The summed E-state index contributed by atoms with van der Waals surface area (Å²) >= 11 is 0. The van der Waals surface area contributed by atoms with Gasteiger partial charge in [-0.05, 0) is 40.2 Å². The fourth-order valence-electron chi connectivity index (χ4n) is 3.91. The highest BCUT2D eigenvalue weighted by atomic mass is 127. The number of aliphatic imine (C=N–C) groups is 1. The van der Waals surface area contributed by atoms with Crippen LogP contribution in [0.1, 0.15) is 50.7 Å². The van der Waals surface area contributed by atoms with Crippen LogP contribution in [0, 0.1) is 6.92 Å². The second-order valence-electron chi connectivity index (χ2n) is 7.32. The van der Waals surface area contributed by atoms with Gasteiger partial charge in [0.25, 0.3) is 0 Å². The monoisotopic (exact) mass is 475 g/mol. The summed E-state index contributed by atoms with van der Waals surface area (Å²) in [6, 6.07) is 1.12. The van der Waals surface area contributed by atoms with Gasteiger partial charge in [0, 0.05) is 31.6 Å². The van der Waals surface area contributed by atoms with Gasteiger partial charge in [-0.15, -0.1) is 24.0 Å². The topological polar surface area (TPSA) is 70.4 Å². The summed E-state index contributed by atoms with van der Waals surface area (Å²) in [5.74, 6) is 2.90. The van der Waals surface area contributed by atoms with E-state index in [0.717, 1.165) is 62.7 Å². The molecule has 1 aliphatic carbocycles. The molecule has 1 fully saturated rings. The van der Waals surface area contributed by atoms with Crippen LogP contribution in [0.15, 0.2) is 4.99 Å². The van der Waals surface area contributed by atoms with Crippen molar-refractivity contribution in [3.63, 3.8) is 0 Å². The largest absolute Gasteiger partial charge is 0.357 e. The van der Waals surface area contributed by atoms with E-state index in [2.05, 4.69) is 39.6 Å². The van der Waals surface area contributed by atoms with Crippen molar-refractivity contribution < 1.29 is 0 Å². The number of aromatic nitrogens is 3. The molecule has 1 aromatic heterocycles. The maximum absolute atomic E-state index is 4.79. The van der Waals surface area contributed by atoms with E-state index in [0.29, 0.717) is 6.04 Å². The molecule has 2 aliphatic rings. The van der Waals surface area contributed by atoms with Crippen molar-refractivity contribution in [2.75, 3.05) is 26.7 Å². The molecule has 2 N–H and O–H groups in total. The van der Waals surface area contributed by atoms with E-state index in [9.17, 15) is 0 Å². The Morgan fingerprint density at radius 3 is 2.81 bits per heavy atom. The molecule has 1 aromatic rings. The Balaban J connectivity index is 0.00000243. The van der Waals surface area contributed by atoms with Crippen LogP contribution < -0.4 is 10.6 Å². The zero-order valence-electron chi connectivity index (χ0n) is 16.4. The number of nitrogens with one attached hydrogen (secondary N) is 2. The first-order valence-electron chi connectivity index (χ1n) is 9.81. The molecule has 0 aromatic carbocycles. The smallest absolute Gasteiger partial charge is 0.191 e. The Morgan fingerprint density at radius 1 is 1.31 bits per heavy atom. The molecule has 0 amide bonds. The first-order valence-corrected chi connectivity index (χ1v) is 9.81. The first-order chi connectivity index (χ1) is 12.2. The zero-order chi connectivity index (χ0) is 17.6. The molecule has 0 spiro atoms. The van der Waals surface area contributed by atoms with Gasteiger partial charge in [0.1, 0.15) is 11.6 Å². The Morgan fingerprint density at radius 2 is 2.08 bits per heavy atom. The van der Waals surface area contributed by atoms with Crippen LogP contribution >= 0.6 is 24.0 Å². The maximum Gasteiger partial charge on any atom is 0.191 e. The van der Waals surface area contributed by atoms with E-state index in [-0.39, 0.29) is 24.0 Å². The van der Waals surface area contributed by atoms with Crippen molar-refractivity contribution >= 4 is 29.9 Å². The van der Waals surface area contributed by atoms with E-state index in [1.807, 2.05) is 11.6 Å². The van der Waals surface area contributed by atoms with Gasteiger partial charge in [0.05, 0.1) is 13.1 Å². The van der Waals surface area contributed by atoms with Crippen molar-refractivity contribution in [1.82, 2.24) is 30.3 Å². The van der Waals surface area contributed by atoms with Crippen LogP contribution in [0.3, 0.4) is 0 Å². The second-order valence-corrected chi connectivity index (χ2v) is 7.32. The van der Waals surface area contributed by atoms with Gasteiger partial charge >= 0.3 is 0 Å². The minimum Gasteiger partial charge on any atom is -0.357 e. The average Bonchev–Trinajstić information content (AvgIpc) is 3.23. The number of nitrogens with zero attached hydrogens (tertiary/aromatic N) is 5. The molecule has 0 bridgehead atoms. The van der Waals surface area contributed by atoms with Crippen LogP contribution in [0.5, 0.6) is 0 Å². The number of likely N-dealkylation sites (N-methyl/N-ethyl adjacent to an activating group) is 1. The molecule has 1 atom stereocenters. The third kappa shape index (κ3) is 5.80. The fourth-order valence-corrected chi connectivity index (χ4v) is 3.91. The third-order valence-electron chi connectivity index (χ3n) is 5.32. The van der Waals surface area contributed by atoms with E-state index in [1.165, 1.54) is 25.7 Å². The van der Waals surface area contributed by atoms with Crippen LogP contribution in [-0.2, 0) is 13.0 Å². The number of hydrogen-bond acceptors (Lipinski definition) is 4. The van der Waals surface area contributed by atoms with Gasteiger partial charge in [0.15, 0.2) is 5.96 Å². The fraction of sp³-hybridized carbons (Fsp3) is 0.833. The average molecular weight is 475 g/mol. The molecule has 1 saturated carbocycles. The lowest BCUT2D eigenvalue weighted by molar-refractivity contribution is 0.252. The van der Waals surface area contributed by atoms with Crippen molar-refractivity contribution in [3.05, 3.63) is 11.6 Å². The van der Waals surface area contributed by atoms with Gasteiger partial charge in [-0.1, -0.05) is 12.8 Å². The quantitative estimate of drug-likeness (QED) is 0.374. The van der Waals surface area contributed by atoms with Crippen molar-refractivity contribution in [3.8, 4) is 0 Å². The van der Waals surface area contributed by atoms with E-state index < -0.39 is 0 Å². The molecular formula is C18H34IN7. The highest BCUT2D eigenvalue weighted by Gasteiger charge is 2.22. The summed E-state index contributed by atoms with van der Waals surface area (Å²) in [6.07, 6.45) is 7.51. The summed E-state index contributed by atoms with van der Waals surface area (Å²) < 4.78 is 2.04. The van der Waals surface area contributed by atoms with Crippen molar-refractivity contribution in [2.24, 2.45) is 4.99 Å². The third-order valence-corrected chi connectivity index (χ3v) is 5.32. The Bertz CT molecular complexity index is 580. The Labute approximate surface area is 174 Å². The lowest BCUT2D eigenvalue weighted by atomic mass is 10.1. The predicted molar refractivity (Wildman–Crippen MR) is 116 cm³/mol. The predicted octanol–water partition coefficient (Wildman–Crippen LogP) is 1.95. The van der Waals surface area contributed by atoms with Gasteiger partial charge in [-0.2, -0.15) is 5.10 Å². The van der Waals surface area contributed by atoms with Crippen molar-refractivity contribution in [2.45, 2.75) is 71.0 Å². The summed E-state index contributed by atoms with van der Waals surface area (Å²) in [5.41, 5.74) is 0. The molecule has 3 rings (SSSR count). The van der Waals surface area contributed by atoms with E-state index >= 15 is 0 Å². The first kappa shape index (κ1) is 21.4. The summed E-state index contributed by atoms with van der Waals surface area (Å²) in [5, 5.41) is 11.4. The lowest BCUT2D eigenvalue weighted by Crippen LogP contribution is -2.47. The zero-order valence-corrected chi connectivity index (χ0v) is 18.7. The highest BCUT2D eigenvalue weighted by Crippen LogP contribution is 2.21. The molecule has 26 heavy (non-hydrogen) atoms. The molecule has 7 nitrogen and oxygen atoms in total. The minimum absolute atomic E-state index is 0. The van der Waals surface area contributed by atoms with Crippen LogP contribution in [0.4, 0.5) is 0 Å². The maximum atomic E-state index is 4.79. The molecule has 0 saturated heterocycles. The Kier molecular flexibility index (Phi) is 8.59. The summed E-state index contributed by atoms with van der Waals surface area (Å²) in [6.45, 7) is 7.68. The van der Waals surface area contributed by atoms with Gasteiger partial charge in [0.2, 0.25) is 0 Å². The molecule has 148 valence electrons. The van der Waals surface area contributed by atoms with Gasteiger partial charge in [-0.3, -0.25) is 4.99 Å².